The summed E-state index contributed by atoms with van der Waals surface area (Å²) in [6.45, 7) is 4.02. The van der Waals surface area contributed by atoms with Crippen molar-refractivity contribution in [3.63, 3.8) is 0 Å². The molecule has 0 radical (unpaired) electrons. The molecule has 0 aliphatic rings. The lowest BCUT2D eigenvalue weighted by molar-refractivity contribution is -0.132. The highest BCUT2D eigenvalue weighted by Gasteiger charge is 2.28. The van der Waals surface area contributed by atoms with Gasteiger partial charge in [0.05, 0.1) is 18.8 Å². The second-order valence-corrected chi connectivity index (χ2v) is 14.7. The van der Waals surface area contributed by atoms with E-state index in [-0.39, 0.29) is 0 Å². The molecule has 1 amide bonds. The van der Waals surface area contributed by atoms with E-state index in [4.69, 9.17) is 0 Å². The summed E-state index contributed by atoms with van der Waals surface area (Å²) in [6.07, 6.45) is 42.2. The van der Waals surface area contributed by atoms with Gasteiger partial charge in [-0.2, -0.15) is 0 Å². The number of aliphatic hydroxyl groups excluding tert-OH is 4. The predicted molar refractivity (Wildman–Crippen MR) is 210 cm³/mol. The Bertz CT molecular complexity index is 742. The van der Waals surface area contributed by atoms with Crippen LogP contribution in [0.5, 0.6) is 0 Å². The van der Waals surface area contributed by atoms with Gasteiger partial charge in [-0.15, -0.1) is 0 Å². The summed E-state index contributed by atoms with van der Waals surface area (Å²) in [5.74, 6) is -0.598. The average Bonchev–Trinajstić information content (AvgIpc) is 3.11. The fraction of sp³-hybridized carbons (Fsp3) is 0.884. The van der Waals surface area contributed by atoms with E-state index in [0.29, 0.717) is 19.3 Å². The summed E-state index contributed by atoms with van der Waals surface area (Å²) in [7, 11) is 0. The molecule has 5 N–H and O–H groups in total. The van der Waals surface area contributed by atoms with E-state index in [0.717, 1.165) is 38.5 Å². The maximum atomic E-state index is 12.4. The summed E-state index contributed by atoms with van der Waals surface area (Å²) in [5, 5.41) is 43.5. The first-order chi connectivity index (χ1) is 24.0. The minimum Gasteiger partial charge on any atom is -0.394 e. The monoisotopic (exact) mass is 694 g/mol. The first-order valence-electron chi connectivity index (χ1n) is 21.2. The third-order valence-electron chi connectivity index (χ3n) is 9.89. The molecule has 0 rings (SSSR count). The Morgan fingerprint density at radius 3 is 1.29 bits per heavy atom. The summed E-state index contributed by atoms with van der Waals surface area (Å²) in [6, 6.07) is -1.00. The van der Waals surface area contributed by atoms with Crippen LogP contribution in [0.15, 0.2) is 24.3 Å². The number of allylic oxidation sites excluding steroid dienone is 4. The number of rotatable bonds is 38. The molecule has 0 aromatic carbocycles. The van der Waals surface area contributed by atoms with Crippen molar-refractivity contribution in [3.8, 4) is 0 Å². The Kier molecular flexibility index (Phi) is 37.1. The Labute approximate surface area is 304 Å². The molecule has 0 aromatic heterocycles. The highest BCUT2D eigenvalue weighted by atomic mass is 16.3. The topological polar surface area (TPSA) is 110 Å². The fourth-order valence-corrected chi connectivity index (χ4v) is 6.48. The zero-order valence-corrected chi connectivity index (χ0v) is 32.4. The molecule has 0 bridgehead atoms. The van der Waals surface area contributed by atoms with Gasteiger partial charge in [-0.1, -0.05) is 186 Å². The molecule has 0 saturated carbocycles. The Hall–Kier alpha value is -1.21. The van der Waals surface area contributed by atoms with E-state index in [1.807, 2.05) is 0 Å². The molecule has 0 aliphatic carbocycles. The van der Waals surface area contributed by atoms with E-state index >= 15 is 0 Å². The molecule has 4 atom stereocenters. The van der Waals surface area contributed by atoms with Gasteiger partial charge in [-0.25, -0.2) is 0 Å². The molecule has 4 unspecified atom stereocenters. The van der Waals surface area contributed by atoms with E-state index in [1.165, 1.54) is 141 Å². The van der Waals surface area contributed by atoms with Gasteiger partial charge < -0.3 is 25.7 Å². The van der Waals surface area contributed by atoms with Crippen molar-refractivity contribution in [2.45, 2.75) is 237 Å². The first-order valence-corrected chi connectivity index (χ1v) is 21.2. The number of amides is 1. The molecule has 0 aromatic rings. The zero-order chi connectivity index (χ0) is 36.0. The number of hydrogen-bond acceptors (Lipinski definition) is 5. The molecular formula is C43H83NO5. The smallest absolute Gasteiger partial charge is 0.249 e. The first kappa shape index (κ1) is 47.8. The SMILES string of the molecule is CCCCCCCCCCCCCCC/C=C/CC/C=C/CCCC(O)C(O)C(CO)NC(=O)C(O)CCCCCCCCCCCCC. The third kappa shape index (κ3) is 32.4. The number of unbranched alkanes of at least 4 members (excludes halogenated alkanes) is 25. The molecule has 0 spiro atoms. The van der Waals surface area contributed by atoms with Crippen LogP contribution in [0.25, 0.3) is 0 Å². The van der Waals surface area contributed by atoms with Crippen molar-refractivity contribution in [2.24, 2.45) is 0 Å². The molecular weight excluding hydrogens is 610 g/mol. The molecule has 49 heavy (non-hydrogen) atoms. The van der Waals surface area contributed by atoms with Crippen molar-refractivity contribution in [1.29, 1.82) is 0 Å². The minimum absolute atomic E-state index is 0.362. The minimum atomic E-state index is -1.29. The van der Waals surface area contributed by atoms with Gasteiger partial charge in [-0.3, -0.25) is 4.79 Å². The quantitative estimate of drug-likeness (QED) is 0.0327. The molecule has 0 saturated heterocycles. The lowest BCUT2D eigenvalue weighted by atomic mass is 10.00. The van der Waals surface area contributed by atoms with E-state index in [9.17, 15) is 25.2 Å². The van der Waals surface area contributed by atoms with E-state index < -0.39 is 36.9 Å². The summed E-state index contributed by atoms with van der Waals surface area (Å²) >= 11 is 0. The van der Waals surface area contributed by atoms with Gasteiger partial charge in [0.15, 0.2) is 0 Å². The number of hydrogen-bond donors (Lipinski definition) is 5. The maximum absolute atomic E-state index is 12.4. The van der Waals surface area contributed by atoms with Crippen LogP contribution in [-0.2, 0) is 4.79 Å². The van der Waals surface area contributed by atoms with Crippen LogP contribution in [0.2, 0.25) is 0 Å². The number of nitrogens with one attached hydrogen (secondary N) is 1. The lowest BCUT2D eigenvalue weighted by Crippen LogP contribution is -2.53. The highest BCUT2D eigenvalue weighted by Crippen LogP contribution is 2.15. The molecule has 290 valence electrons. The summed E-state index contributed by atoms with van der Waals surface area (Å²) in [4.78, 5) is 12.4. The Morgan fingerprint density at radius 1 is 0.490 bits per heavy atom. The van der Waals surface area contributed by atoms with Gasteiger partial charge in [0.2, 0.25) is 5.91 Å². The maximum Gasteiger partial charge on any atom is 0.249 e. The normalized spacial score (nSPS) is 14.5. The van der Waals surface area contributed by atoms with Crippen LogP contribution in [0.1, 0.15) is 213 Å². The van der Waals surface area contributed by atoms with Crippen LogP contribution in [0, 0.1) is 0 Å². The van der Waals surface area contributed by atoms with E-state index in [2.05, 4.69) is 43.5 Å². The Morgan fingerprint density at radius 2 is 0.857 bits per heavy atom. The zero-order valence-electron chi connectivity index (χ0n) is 32.4. The Balaban J connectivity index is 3.79. The lowest BCUT2D eigenvalue weighted by Gasteiger charge is -2.27. The molecule has 6 nitrogen and oxygen atoms in total. The van der Waals surface area contributed by atoms with Crippen LogP contribution >= 0.6 is 0 Å². The van der Waals surface area contributed by atoms with Gasteiger partial charge in [0.1, 0.15) is 12.2 Å². The fourth-order valence-electron chi connectivity index (χ4n) is 6.48. The standard InChI is InChI=1S/C43H83NO5/c1-3-5-7-9-11-13-15-16-17-18-19-20-21-22-23-24-25-27-28-30-32-34-36-40(46)42(48)39(38-45)44-43(49)41(47)37-35-33-31-29-26-14-12-10-8-6-4-2/h23-24,28,30,39-42,45-48H,3-22,25-27,29,31-38H2,1-2H3,(H,44,49)/b24-23+,30-28+. The van der Waals surface area contributed by atoms with Crippen LogP contribution in [-0.4, -0.2) is 57.3 Å². The second kappa shape index (κ2) is 38.0. The van der Waals surface area contributed by atoms with Gasteiger partial charge in [-0.05, 0) is 51.4 Å². The van der Waals surface area contributed by atoms with Gasteiger partial charge in [0, 0.05) is 0 Å². The predicted octanol–water partition coefficient (Wildman–Crippen LogP) is 10.8. The molecule has 0 aliphatic heterocycles. The highest BCUT2D eigenvalue weighted by molar-refractivity contribution is 5.80. The summed E-state index contributed by atoms with van der Waals surface area (Å²) in [5.41, 5.74) is 0. The largest absolute Gasteiger partial charge is 0.394 e. The number of carbonyl (C=O) groups is 1. The van der Waals surface area contributed by atoms with Crippen LogP contribution in [0.4, 0.5) is 0 Å². The van der Waals surface area contributed by atoms with E-state index in [1.54, 1.807) is 0 Å². The van der Waals surface area contributed by atoms with Crippen LogP contribution in [0.3, 0.4) is 0 Å². The van der Waals surface area contributed by atoms with Crippen molar-refractivity contribution < 1.29 is 25.2 Å². The van der Waals surface area contributed by atoms with Crippen molar-refractivity contribution in [2.75, 3.05) is 6.61 Å². The third-order valence-corrected chi connectivity index (χ3v) is 9.89. The number of aliphatic hydroxyl groups is 4. The summed E-state index contributed by atoms with van der Waals surface area (Å²) < 4.78 is 0. The van der Waals surface area contributed by atoms with Crippen molar-refractivity contribution in [3.05, 3.63) is 24.3 Å². The van der Waals surface area contributed by atoms with Crippen molar-refractivity contribution in [1.82, 2.24) is 5.32 Å². The second-order valence-electron chi connectivity index (χ2n) is 14.7. The van der Waals surface area contributed by atoms with Gasteiger partial charge >= 0.3 is 0 Å². The van der Waals surface area contributed by atoms with Crippen molar-refractivity contribution >= 4 is 5.91 Å². The molecule has 0 heterocycles. The molecule has 0 fully saturated rings. The van der Waals surface area contributed by atoms with Crippen LogP contribution < -0.4 is 5.32 Å². The van der Waals surface area contributed by atoms with Gasteiger partial charge in [0.25, 0.3) is 0 Å². The average molecular weight is 694 g/mol. The number of carbonyl (C=O) groups excluding carboxylic acids is 1. The molecule has 6 heteroatoms.